The van der Waals surface area contributed by atoms with Gasteiger partial charge in [0, 0.05) is 76.6 Å². The standard InChI is InChI=1S/C101H64N4O/c1-99(2)77-35-11-12-36-78(77)100(82-40-21-31-67(95(82)99)63-49-53-71-69-29-9-16-44-86(69)102(92(71)59-63)65-25-5-3-6-26-65)79-37-13-18-46-90(79)105-89-56-52-62(58-76(89)74-34-24-41-83(100)97(74)105)61-51-55-88-75(57-61)72-54-50-64(60-93(72)103(88)66-27-7-4-8-28-66)68-32-22-43-85-98(68)106-94-48-20-15-39-81(94)101(85)80-38-14-19-47-91(80)104-87-45-17-10-30-70(87)73-33-23-42-84(101)96(73)104/h3-60H,1-2H3. The van der Waals surface area contributed by atoms with E-state index in [2.05, 4.69) is 384 Å². The predicted molar refractivity (Wildman–Crippen MR) is 436 cm³/mol. The van der Waals surface area contributed by atoms with Crippen molar-refractivity contribution in [3.63, 3.8) is 0 Å². The molecule has 106 heavy (non-hydrogen) atoms. The molecule has 4 aromatic heterocycles. The number of hydrogen-bond donors (Lipinski definition) is 0. The fourth-order valence-electron chi connectivity index (χ4n) is 20.7. The van der Waals surface area contributed by atoms with Gasteiger partial charge in [0.2, 0.25) is 0 Å². The molecule has 0 radical (unpaired) electrons. The van der Waals surface area contributed by atoms with E-state index < -0.39 is 10.8 Å². The number of para-hydroxylation sites is 10. The van der Waals surface area contributed by atoms with Gasteiger partial charge >= 0.3 is 0 Å². The molecule has 1 aliphatic carbocycles. The smallest absolute Gasteiger partial charge is 0.140 e. The lowest BCUT2D eigenvalue weighted by atomic mass is 9.52. The van der Waals surface area contributed by atoms with Crippen LogP contribution in [0.4, 0.5) is 0 Å². The van der Waals surface area contributed by atoms with Crippen molar-refractivity contribution in [1.82, 2.24) is 18.3 Å². The second-order valence-corrected chi connectivity index (χ2v) is 30.1. The molecule has 0 bridgehead atoms. The number of ether oxygens (including phenoxy) is 1. The maximum absolute atomic E-state index is 7.39. The number of fused-ring (bicyclic) bond motifs is 28. The average Bonchev–Trinajstić information content (AvgIpc) is 1.13. The van der Waals surface area contributed by atoms with Gasteiger partial charge in [-0.15, -0.1) is 0 Å². The number of hydrogen-bond acceptors (Lipinski definition) is 1. The summed E-state index contributed by atoms with van der Waals surface area (Å²) < 4.78 is 17.4. The fourth-order valence-corrected chi connectivity index (χ4v) is 20.7. The molecule has 0 fully saturated rings. The van der Waals surface area contributed by atoms with E-state index in [0.29, 0.717) is 0 Å². The zero-order chi connectivity index (χ0) is 69.5. The monoisotopic (exact) mass is 1350 g/mol. The Morgan fingerprint density at radius 2 is 0.632 bits per heavy atom. The molecular weight excluding hydrogens is 1290 g/mol. The molecule has 3 aliphatic heterocycles. The lowest BCUT2D eigenvalue weighted by Crippen LogP contribution is -2.44. The molecule has 4 aliphatic rings. The van der Waals surface area contributed by atoms with E-state index >= 15 is 0 Å². The number of benzene rings is 16. The van der Waals surface area contributed by atoms with Crippen LogP contribution in [0.1, 0.15) is 69.5 Å². The van der Waals surface area contributed by atoms with Gasteiger partial charge in [0.05, 0.1) is 66.3 Å². The fraction of sp³-hybridized carbons (Fsp3) is 0.0495. The third-order valence-corrected chi connectivity index (χ3v) is 24.8. The summed E-state index contributed by atoms with van der Waals surface area (Å²) in [6.45, 7) is 4.91. The van der Waals surface area contributed by atoms with E-state index in [1.54, 1.807) is 0 Å². The predicted octanol–water partition coefficient (Wildman–Crippen LogP) is 25.2. The Morgan fingerprint density at radius 3 is 1.26 bits per heavy atom. The number of aromatic nitrogens is 4. The largest absolute Gasteiger partial charge is 0.456 e. The Labute approximate surface area is 611 Å². The summed E-state index contributed by atoms with van der Waals surface area (Å²) in [4.78, 5) is 0. The zero-order valence-electron chi connectivity index (χ0n) is 58.2. The lowest BCUT2D eigenvalue weighted by Gasteiger charge is -2.50. The highest BCUT2D eigenvalue weighted by molar-refractivity contribution is 6.17. The van der Waals surface area contributed by atoms with Gasteiger partial charge in [-0.3, -0.25) is 0 Å². The molecule has 494 valence electrons. The summed E-state index contributed by atoms with van der Waals surface area (Å²) in [5, 5.41) is 9.85. The minimum Gasteiger partial charge on any atom is -0.456 e. The molecule has 24 rings (SSSR count). The van der Waals surface area contributed by atoms with Crippen LogP contribution in [-0.2, 0) is 16.2 Å². The first-order chi connectivity index (χ1) is 52.4. The maximum atomic E-state index is 7.39. The van der Waals surface area contributed by atoms with Gasteiger partial charge in [-0.2, -0.15) is 0 Å². The van der Waals surface area contributed by atoms with Crippen LogP contribution in [0, 0.1) is 0 Å². The van der Waals surface area contributed by atoms with E-state index in [9.17, 15) is 0 Å². The molecule has 16 aromatic carbocycles. The van der Waals surface area contributed by atoms with Crippen LogP contribution in [-0.4, -0.2) is 18.3 Å². The molecule has 0 saturated heterocycles. The van der Waals surface area contributed by atoms with Gasteiger partial charge in [0.1, 0.15) is 11.5 Å². The first kappa shape index (κ1) is 58.1. The summed E-state index contributed by atoms with van der Waals surface area (Å²) in [7, 11) is 0. The second kappa shape index (κ2) is 20.9. The van der Waals surface area contributed by atoms with Crippen molar-refractivity contribution in [3.05, 3.63) is 407 Å². The molecule has 7 heterocycles. The van der Waals surface area contributed by atoms with E-state index in [4.69, 9.17) is 4.74 Å². The summed E-state index contributed by atoms with van der Waals surface area (Å²) in [6.07, 6.45) is 0. The van der Waals surface area contributed by atoms with Gasteiger partial charge in [0.15, 0.2) is 0 Å². The SMILES string of the molecule is CC1(C)c2ccccc2C2(c3ccccc3-n3c4ccc(-c5ccc6c(c5)c5ccc(-c7cccc8c7Oc7ccccc7C87c8ccccc8-n8c9ccccc9c9cccc7c98)cc5n6-c5ccccc5)cc4c4cccc2c43)c2cccc(-c3ccc4c5ccccc5n(-c5ccccc5)c4c3)c21. The number of nitrogens with zero attached hydrogens (tertiary/aromatic N) is 4. The van der Waals surface area contributed by atoms with Crippen LogP contribution in [0.25, 0.3) is 143 Å². The van der Waals surface area contributed by atoms with Gasteiger partial charge in [-0.25, -0.2) is 0 Å². The third kappa shape index (κ3) is 7.24. The van der Waals surface area contributed by atoms with Crippen LogP contribution >= 0.6 is 0 Å². The molecule has 0 N–H and O–H groups in total. The average molecular weight is 1350 g/mol. The maximum Gasteiger partial charge on any atom is 0.140 e. The topological polar surface area (TPSA) is 28.9 Å². The summed E-state index contributed by atoms with van der Waals surface area (Å²) in [6, 6.07) is 133. The Hall–Kier alpha value is -13.5. The van der Waals surface area contributed by atoms with Crippen LogP contribution in [0.5, 0.6) is 11.5 Å². The molecule has 0 saturated carbocycles. The van der Waals surface area contributed by atoms with E-state index in [0.717, 1.165) is 61.7 Å². The van der Waals surface area contributed by atoms with Gasteiger partial charge in [-0.1, -0.05) is 275 Å². The van der Waals surface area contributed by atoms with Crippen molar-refractivity contribution in [3.8, 4) is 67.6 Å². The Morgan fingerprint density at radius 1 is 0.236 bits per heavy atom. The van der Waals surface area contributed by atoms with Crippen molar-refractivity contribution in [2.24, 2.45) is 0 Å². The highest BCUT2D eigenvalue weighted by atomic mass is 16.5. The van der Waals surface area contributed by atoms with E-state index in [1.165, 1.54) is 149 Å². The van der Waals surface area contributed by atoms with Crippen molar-refractivity contribution in [2.45, 2.75) is 30.1 Å². The van der Waals surface area contributed by atoms with Gasteiger partial charge < -0.3 is 23.0 Å². The van der Waals surface area contributed by atoms with Gasteiger partial charge in [0.25, 0.3) is 0 Å². The van der Waals surface area contributed by atoms with Crippen LogP contribution < -0.4 is 4.74 Å². The Kier molecular flexibility index (Phi) is 11.4. The molecule has 2 unspecified atom stereocenters. The molecular formula is C101H64N4O. The molecule has 5 nitrogen and oxygen atoms in total. The van der Waals surface area contributed by atoms with Crippen molar-refractivity contribution in [1.29, 1.82) is 0 Å². The van der Waals surface area contributed by atoms with Crippen molar-refractivity contribution in [2.75, 3.05) is 0 Å². The van der Waals surface area contributed by atoms with Crippen LogP contribution in [0.15, 0.2) is 352 Å². The highest BCUT2D eigenvalue weighted by Crippen LogP contribution is 2.64. The zero-order valence-corrected chi connectivity index (χ0v) is 58.2. The Balaban J connectivity index is 0.679. The lowest BCUT2D eigenvalue weighted by molar-refractivity contribution is 0.435. The molecule has 5 heteroatoms. The third-order valence-electron chi connectivity index (χ3n) is 24.8. The van der Waals surface area contributed by atoms with E-state index in [1.807, 2.05) is 0 Å². The minimum absolute atomic E-state index is 0.369. The minimum atomic E-state index is -0.690. The van der Waals surface area contributed by atoms with Crippen molar-refractivity contribution >= 4 is 87.2 Å². The molecule has 20 aromatic rings. The second-order valence-electron chi connectivity index (χ2n) is 30.1. The van der Waals surface area contributed by atoms with Crippen LogP contribution in [0.2, 0.25) is 0 Å². The molecule has 2 atom stereocenters. The summed E-state index contributed by atoms with van der Waals surface area (Å²) >= 11 is 0. The Bertz CT molecular complexity index is 7280. The van der Waals surface area contributed by atoms with E-state index in [-0.39, 0.29) is 5.41 Å². The normalized spacial score (nSPS) is 16.2. The molecule has 2 spiro atoms. The van der Waals surface area contributed by atoms with Crippen molar-refractivity contribution < 1.29 is 4.74 Å². The van der Waals surface area contributed by atoms with Crippen LogP contribution in [0.3, 0.4) is 0 Å². The first-order valence-electron chi connectivity index (χ1n) is 37.1. The first-order valence-corrected chi connectivity index (χ1v) is 37.1. The summed E-state index contributed by atoms with van der Waals surface area (Å²) in [5.41, 5.74) is 32.1. The molecule has 0 amide bonds. The number of rotatable bonds is 5. The highest BCUT2D eigenvalue weighted by Gasteiger charge is 2.54. The quantitative estimate of drug-likeness (QED) is 0.169. The summed E-state index contributed by atoms with van der Waals surface area (Å²) in [5.74, 6) is 1.74. The van der Waals surface area contributed by atoms with Gasteiger partial charge in [-0.05, 0) is 163 Å².